The predicted molar refractivity (Wildman–Crippen MR) is 86.8 cm³/mol. The second-order valence-corrected chi connectivity index (χ2v) is 6.70. The molecule has 0 aliphatic heterocycles. The molecule has 0 N–H and O–H groups in total. The minimum absolute atomic E-state index is 0.568. The van der Waals surface area contributed by atoms with Gasteiger partial charge in [-0.2, -0.15) is 0 Å². The molecule has 2 aliphatic rings. The van der Waals surface area contributed by atoms with E-state index in [1.165, 1.54) is 51.4 Å². The van der Waals surface area contributed by atoms with E-state index in [0.717, 1.165) is 30.8 Å². The summed E-state index contributed by atoms with van der Waals surface area (Å²) in [6.45, 7) is 6.92. The maximum Gasteiger partial charge on any atom is 0.0575 e. The molecule has 114 valence electrons. The summed E-state index contributed by atoms with van der Waals surface area (Å²) in [4.78, 5) is 0. The lowest BCUT2D eigenvalue weighted by atomic mass is 9.70. The Hall–Kier alpha value is -0.560. The normalized spacial score (nSPS) is 35.2. The van der Waals surface area contributed by atoms with Gasteiger partial charge in [-0.1, -0.05) is 31.7 Å². The molecule has 0 aromatic rings. The Morgan fingerprint density at radius 1 is 0.950 bits per heavy atom. The summed E-state index contributed by atoms with van der Waals surface area (Å²) in [6.07, 6.45) is 19.2. The summed E-state index contributed by atoms with van der Waals surface area (Å²) in [5, 5.41) is 0. The summed E-state index contributed by atoms with van der Waals surface area (Å²) < 4.78 is 5.91. The first kappa shape index (κ1) is 15.8. The standard InChI is InChI=1S/C19H32O/c1-3-5-6-16-7-9-17(10-8-16)18-11-13-19(14-12-18)20-15-4-2/h3,5-6,16-19H,1,4,7-15H2,2H3. The summed E-state index contributed by atoms with van der Waals surface area (Å²) in [7, 11) is 0. The van der Waals surface area contributed by atoms with Crippen LogP contribution < -0.4 is 0 Å². The summed E-state index contributed by atoms with van der Waals surface area (Å²) >= 11 is 0. The van der Waals surface area contributed by atoms with Crippen LogP contribution in [0.4, 0.5) is 0 Å². The zero-order valence-electron chi connectivity index (χ0n) is 13.2. The molecule has 1 nitrogen and oxygen atoms in total. The highest BCUT2D eigenvalue weighted by Gasteiger charge is 2.30. The molecule has 0 heterocycles. The van der Waals surface area contributed by atoms with Crippen LogP contribution in [-0.2, 0) is 4.74 Å². The van der Waals surface area contributed by atoms with E-state index in [0.29, 0.717) is 6.10 Å². The molecule has 0 amide bonds. The van der Waals surface area contributed by atoms with E-state index >= 15 is 0 Å². The number of hydrogen-bond acceptors (Lipinski definition) is 1. The van der Waals surface area contributed by atoms with Crippen molar-refractivity contribution in [2.24, 2.45) is 17.8 Å². The maximum atomic E-state index is 5.91. The van der Waals surface area contributed by atoms with Gasteiger partial charge in [0.1, 0.15) is 0 Å². The highest BCUT2D eigenvalue weighted by Crippen LogP contribution is 2.40. The van der Waals surface area contributed by atoms with E-state index in [4.69, 9.17) is 4.74 Å². The van der Waals surface area contributed by atoms with Crippen molar-refractivity contribution >= 4 is 0 Å². The molecule has 0 saturated heterocycles. The Morgan fingerprint density at radius 2 is 1.55 bits per heavy atom. The van der Waals surface area contributed by atoms with Gasteiger partial charge < -0.3 is 4.74 Å². The minimum atomic E-state index is 0.568. The lowest BCUT2D eigenvalue weighted by Crippen LogP contribution is -2.28. The second-order valence-electron chi connectivity index (χ2n) is 6.70. The van der Waals surface area contributed by atoms with Gasteiger partial charge in [0, 0.05) is 6.61 Å². The second kappa shape index (κ2) is 8.67. The molecule has 0 aromatic carbocycles. The summed E-state index contributed by atoms with van der Waals surface area (Å²) in [5.41, 5.74) is 0. The van der Waals surface area contributed by atoms with Crippen molar-refractivity contribution in [3.63, 3.8) is 0 Å². The molecule has 0 bridgehead atoms. The van der Waals surface area contributed by atoms with E-state index in [2.05, 4.69) is 25.7 Å². The average molecular weight is 276 g/mol. The third kappa shape index (κ3) is 4.77. The molecule has 2 aliphatic carbocycles. The minimum Gasteiger partial charge on any atom is -0.378 e. The Kier molecular flexibility index (Phi) is 6.86. The average Bonchev–Trinajstić information content (AvgIpc) is 2.52. The van der Waals surface area contributed by atoms with Crippen molar-refractivity contribution in [2.45, 2.75) is 70.8 Å². The van der Waals surface area contributed by atoms with Gasteiger partial charge >= 0.3 is 0 Å². The summed E-state index contributed by atoms with van der Waals surface area (Å²) in [5.74, 6) is 2.80. The molecule has 2 fully saturated rings. The Bertz CT molecular complexity index is 291. The van der Waals surface area contributed by atoms with Gasteiger partial charge in [0.2, 0.25) is 0 Å². The zero-order valence-corrected chi connectivity index (χ0v) is 13.2. The van der Waals surface area contributed by atoms with Crippen LogP contribution in [0.3, 0.4) is 0 Å². The number of ether oxygens (including phenoxy) is 1. The molecular weight excluding hydrogens is 244 g/mol. The van der Waals surface area contributed by atoms with Gasteiger partial charge in [-0.3, -0.25) is 0 Å². The topological polar surface area (TPSA) is 9.23 Å². The van der Waals surface area contributed by atoms with Crippen LogP contribution in [-0.4, -0.2) is 12.7 Å². The number of hydrogen-bond donors (Lipinski definition) is 0. The van der Waals surface area contributed by atoms with Crippen LogP contribution in [0.5, 0.6) is 0 Å². The van der Waals surface area contributed by atoms with Crippen molar-refractivity contribution in [3.8, 4) is 0 Å². The van der Waals surface area contributed by atoms with Crippen LogP contribution >= 0.6 is 0 Å². The number of allylic oxidation sites excluding steroid dienone is 3. The Labute approximate surface area is 125 Å². The molecule has 1 heteroatoms. The Balaban J connectivity index is 1.67. The molecule has 20 heavy (non-hydrogen) atoms. The first-order valence-electron chi connectivity index (χ1n) is 8.74. The van der Waals surface area contributed by atoms with Crippen LogP contribution in [0.25, 0.3) is 0 Å². The van der Waals surface area contributed by atoms with E-state index in [-0.39, 0.29) is 0 Å². The first-order valence-corrected chi connectivity index (χ1v) is 8.74. The number of rotatable bonds is 6. The van der Waals surface area contributed by atoms with Crippen LogP contribution in [0.15, 0.2) is 24.8 Å². The van der Waals surface area contributed by atoms with Crippen LogP contribution in [0, 0.1) is 17.8 Å². The first-order chi connectivity index (χ1) is 9.83. The quantitative estimate of drug-likeness (QED) is 0.580. The van der Waals surface area contributed by atoms with Gasteiger partial charge in [-0.15, -0.1) is 0 Å². The molecule has 0 spiro atoms. The van der Waals surface area contributed by atoms with Crippen molar-refractivity contribution in [1.29, 1.82) is 0 Å². The molecule has 0 radical (unpaired) electrons. The van der Waals surface area contributed by atoms with E-state index in [9.17, 15) is 0 Å². The van der Waals surface area contributed by atoms with Crippen molar-refractivity contribution in [2.75, 3.05) is 6.61 Å². The third-order valence-corrected chi connectivity index (χ3v) is 5.28. The van der Waals surface area contributed by atoms with E-state index in [1.807, 2.05) is 6.08 Å². The van der Waals surface area contributed by atoms with Gasteiger partial charge in [-0.05, 0) is 75.5 Å². The van der Waals surface area contributed by atoms with Crippen molar-refractivity contribution in [3.05, 3.63) is 24.8 Å². The Morgan fingerprint density at radius 3 is 2.10 bits per heavy atom. The van der Waals surface area contributed by atoms with E-state index < -0.39 is 0 Å². The molecular formula is C19H32O. The lowest BCUT2D eigenvalue weighted by molar-refractivity contribution is 0.00797. The predicted octanol–water partition coefficient (Wildman–Crippen LogP) is 5.52. The van der Waals surface area contributed by atoms with Gasteiger partial charge in [0.15, 0.2) is 0 Å². The largest absolute Gasteiger partial charge is 0.378 e. The molecule has 0 aromatic heterocycles. The third-order valence-electron chi connectivity index (χ3n) is 5.28. The smallest absolute Gasteiger partial charge is 0.0575 e. The molecule has 0 unspecified atom stereocenters. The molecule has 2 saturated carbocycles. The van der Waals surface area contributed by atoms with Gasteiger partial charge in [-0.25, -0.2) is 0 Å². The van der Waals surface area contributed by atoms with Gasteiger partial charge in [0.05, 0.1) is 6.10 Å². The van der Waals surface area contributed by atoms with Crippen LogP contribution in [0.1, 0.15) is 64.7 Å². The molecule has 2 rings (SSSR count). The summed E-state index contributed by atoms with van der Waals surface area (Å²) in [6, 6.07) is 0. The monoisotopic (exact) mass is 276 g/mol. The molecule has 0 atom stereocenters. The van der Waals surface area contributed by atoms with Crippen LogP contribution in [0.2, 0.25) is 0 Å². The fourth-order valence-electron chi connectivity index (χ4n) is 4.06. The fourth-order valence-corrected chi connectivity index (χ4v) is 4.06. The highest BCUT2D eigenvalue weighted by molar-refractivity contribution is 5.01. The zero-order chi connectivity index (χ0) is 14.2. The van der Waals surface area contributed by atoms with E-state index in [1.54, 1.807) is 0 Å². The fraction of sp³-hybridized carbons (Fsp3) is 0.789. The maximum absolute atomic E-state index is 5.91. The van der Waals surface area contributed by atoms with Crippen molar-refractivity contribution < 1.29 is 4.74 Å². The highest BCUT2D eigenvalue weighted by atomic mass is 16.5. The SMILES string of the molecule is C=CC=CC1CCC(C2CCC(OCCC)CC2)CC1. The van der Waals surface area contributed by atoms with Gasteiger partial charge in [0.25, 0.3) is 0 Å². The lowest BCUT2D eigenvalue weighted by Gasteiger charge is -2.37. The van der Waals surface area contributed by atoms with Crippen molar-refractivity contribution in [1.82, 2.24) is 0 Å².